The molecule has 14 heavy (non-hydrogen) atoms. The lowest BCUT2D eigenvalue weighted by molar-refractivity contribution is 0.560. The molecule has 2 nitrogen and oxygen atoms in total. The summed E-state index contributed by atoms with van der Waals surface area (Å²) in [6.07, 6.45) is 0. The van der Waals surface area contributed by atoms with Crippen LogP contribution in [0.25, 0.3) is 11.1 Å². The monoisotopic (exact) mass is 195 g/mol. The molecule has 0 unspecified atom stereocenters. The summed E-state index contributed by atoms with van der Waals surface area (Å²) >= 11 is 0. The van der Waals surface area contributed by atoms with E-state index in [4.69, 9.17) is 4.42 Å². The number of hydrogen-bond acceptors (Lipinski definition) is 2. The summed E-state index contributed by atoms with van der Waals surface area (Å²) in [4.78, 5) is 3.91. The van der Waals surface area contributed by atoms with Crippen LogP contribution in [0.5, 0.6) is 0 Å². The van der Waals surface area contributed by atoms with Crippen molar-refractivity contribution in [3.8, 4) is 0 Å². The van der Waals surface area contributed by atoms with Crippen LogP contribution in [-0.4, -0.2) is 4.98 Å². The van der Waals surface area contributed by atoms with Gasteiger partial charge in [-0.15, -0.1) is 0 Å². The SMILES string of the molecule is CC.Cc1cc(F)c2nc(C)oc2c1. The molecule has 0 bridgehead atoms. The molecular weight excluding hydrogens is 181 g/mol. The highest BCUT2D eigenvalue weighted by atomic mass is 19.1. The summed E-state index contributed by atoms with van der Waals surface area (Å²) in [6, 6.07) is 3.22. The Bertz CT molecular complexity index is 434. The third kappa shape index (κ3) is 1.92. The zero-order valence-corrected chi connectivity index (χ0v) is 8.89. The number of benzene rings is 1. The fraction of sp³-hybridized carbons (Fsp3) is 0.364. The van der Waals surface area contributed by atoms with E-state index in [-0.39, 0.29) is 5.82 Å². The molecule has 0 N–H and O–H groups in total. The molecule has 0 spiro atoms. The van der Waals surface area contributed by atoms with Gasteiger partial charge >= 0.3 is 0 Å². The molecule has 0 aliphatic heterocycles. The highest BCUT2D eigenvalue weighted by Crippen LogP contribution is 2.19. The largest absolute Gasteiger partial charge is 0.441 e. The van der Waals surface area contributed by atoms with Gasteiger partial charge in [-0.05, 0) is 24.6 Å². The van der Waals surface area contributed by atoms with Crippen LogP contribution >= 0.6 is 0 Å². The normalized spacial score (nSPS) is 9.79. The number of hydrogen-bond donors (Lipinski definition) is 0. The second-order valence-electron chi connectivity index (χ2n) is 2.83. The fourth-order valence-corrected chi connectivity index (χ4v) is 1.23. The number of nitrogens with zero attached hydrogens (tertiary/aromatic N) is 1. The van der Waals surface area contributed by atoms with Crippen LogP contribution in [0.15, 0.2) is 16.5 Å². The summed E-state index contributed by atoms with van der Waals surface area (Å²) in [5, 5.41) is 0. The molecule has 0 radical (unpaired) electrons. The molecule has 1 aromatic carbocycles. The first-order chi connectivity index (χ1) is 6.66. The molecule has 0 aliphatic rings. The van der Waals surface area contributed by atoms with Gasteiger partial charge in [0.1, 0.15) is 5.52 Å². The topological polar surface area (TPSA) is 26.0 Å². The van der Waals surface area contributed by atoms with Crippen molar-refractivity contribution in [2.45, 2.75) is 27.7 Å². The molecule has 76 valence electrons. The predicted octanol–water partition coefficient (Wildman–Crippen LogP) is 3.61. The van der Waals surface area contributed by atoms with Crippen molar-refractivity contribution >= 4 is 11.1 Å². The number of aromatic nitrogens is 1. The summed E-state index contributed by atoms with van der Waals surface area (Å²) in [5.74, 6) is 0.177. The Morgan fingerprint density at radius 2 is 1.86 bits per heavy atom. The zero-order chi connectivity index (χ0) is 10.7. The number of aryl methyl sites for hydroxylation is 2. The minimum Gasteiger partial charge on any atom is -0.441 e. The fourth-order valence-electron chi connectivity index (χ4n) is 1.23. The van der Waals surface area contributed by atoms with E-state index in [1.54, 1.807) is 13.0 Å². The van der Waals surface area contributed by atoms with Crippen LogP contribution in [0, 0.1) is 19.7 Å². The smallest absolute Gasteiger partial charge is 0.192 e. The third-order valence-corrected chi connectivity index (χ3v) is 1.70. The number of fused-ring (bicyclic) bond motifs is 1. The van der Waals surface area contributed by atoms with Gasteiger partial charge < -0.3 is 4.42 Å². The molecule has 2 aromatic rings. The van der Waals surface area contributed by atoms with Crippen molar-refractivity contribution < 1.29 is 8.81 Å². The highest BCUT2D eigenvalue weighted by molar-refractivity contribution is 5.74. The van der Waals surface area contributed by atoms with E-state index in [0.717, 1.165) is 5.56 Å². The van der Waals surface area contributed by atoms with Crippen molar-refractivity contribution in [2.75, 3.05) is 0 Å². The van der Waals surface area contributed by atoms with Crippen molar-refractivity contribution in [3.63, 3.8) is 0 Å². The summed E-state index contributed by atoms with van der Waals surface area (Å²) in [7, 11) is 0. The Balaban J connectivity index is 0.000000461. The van der Waals surface area contributed by atoms with Crippen LogP contribution in [0.3, 0.4) is 0 Å². The van der Waals surface area contributed by atoms with E-state index in [1.165, 1.54) is 6.07 Å². The van der Waals surface area contributed by atoms with E-state index in [1.807, 2.05) is 20.8 Å². The van der Waals surface area contributed by atoms with Crippen molar-refractivity contribution in [3.05, 3.63) is 29.4 Å². The summed E-state index contributed by atoms with van der Waals surface area (Å²) in [5.41, 5.74) is 1.68. The lowest BCUT2D eigenvalue weighted by Gasteiger charge is -1.91. The van der Waals surface area contributed by atoms with Crippen LogP contribution in [0.4, 0.5) is 4.39 Å². The quantitative estimate of drug-likeness (QED) is 0.641. The van der Waals surface area contributed by atoms with Gasteiger partial charge in [-0.2, -0.15) is 0 Å². The van der Waals surface area contributed by atoms with Gasteiger partial charge in [-0.25, -0.2) is 9.37 Å². The molecule has 3 heteroatoms. The van der Waals surface area contributed by atoms with Gasteiger partial charge in [0.25, 0.3) is 0 Å². The highest BCUT2D eigenvalue weighted by Gasteiger charge is 2.07. The first-order valence-corrected chi connectivity index (χ1v) is 4.70. The number of halogens is 1. The lowest BCUT2D eigenvalue weighted by atomic mass is 10.2. The minimum absolute atomic E-state index is 0.318. The maximum Gasteiger partial charge on any atom is 0.192 e. The Kier molecular flexibility index (Phi) is 3.23. The maximum atomic E-state index is 13.1. The van der Waals surface area contributed by atoms with Gasteiger partial charge in [0, 0.05) is 6.92 Å². The molecule has 0 saturated carbocycles. The van der Waals surface area contributed by atoms with E-state index < -0.39 is 0 Å². The van der Waals surface area contributed by atoms with Crippen molar-refractivity contribution in [2.24, 2.45) is 0 Å². The molecule has 2 rings (SSSR count). The minimum atomic E-state index is -0.318. The Hall–Kier alpha value is -1.38. The number of oxazole rings is 1. The second kappa shape index (κ2) is 4.22. The van der Waals surface area contributed by atoms with E-state index in [9.17, 15) is 4.39 Å². The molecule has 0 saturated heterocycles. The second-order valence-corrected chi connectivity index (χ2v) is 2.83. The predicted molar refractivity (Wildman–Crippen MR) is 54.8 cm³/mol. The average Bonchev–Trinajstić information content (AvgIpc) is 2.49. The molecule has 0 amide bonds. The van der Waals surface area contributed by atoms with Gasteiger partial charge in [0.05, 0.1) is 0 Å². The van der Waals surface area contributed by atoms with Crippen LogP contribution in [0.2, 0.25) is 0 Å². The summed E-state index contributed by atoms with van der Waals surface area (Å²) < 4.78 is 18.3. The van der Waals surface area contributed by atoms with Gasteiger partial charge in [0.2, 0.25) is 0 Å². The van der Waals surface area contributed by atoms with E-state index in [0.29, 0.717) is 17.0 Å². The van der Waals surface area contributed by atoms with E-state index >= 15 is 0 Å². The van der Waals surface area contributed by atoms with Crippen molar-refractivity contribution in [1.82, 2.24) is 4.98 Å². The van der Waals surface area contributed by atoms with Gasteiger partial charge in [0.15, 0.2) is 17.3 Å². The van der Waals surface area contributed by atoms with Crippen LogP contribution in [0.1, 0.15) is 25.3 Å². The first kappa shape index (κ1) is 10.7. The molecular formula is C11H14FNO. The molecule has 0 atom stereocenters. The Morgan fingerprint density at radius 3 is 2.50 bits per heavy atom. The Morgan fingerprint density at radius 1 is 1.21 bits per heavy atom. The number of rotatable bonds is 0. The maximum absolute atomic E-state index is 13.1. The van der Waals surface area contributed by atoms with E-state index in [2.05, 4.69) is 4.98 Å². The average molecular weight is 195 g/mol. The first-order valence-electron chi connectivity index (χ1n) is 4.70. The standard InChI is InChI=1S/C9H8FNO.C2H6/c1-5-3-7(10)9-8(4-5)12-6(2)11-9;1-2/h3-4H,1-2H3;1-2H3. The summed E-state index contributed by atoms with van der Waals surface area (Å²) in [6.45, 7) is 7.52. The zero-order valence-electron chi connectivity index (χ0n) is 8.89. The van der Waals surface area contributed by atoms with Crippen LogP contribution < -0.4 is 0 Å². The van der Waals surface area contributed by atoms with Gasteiger partial charge in [-0.3, -0.25) is 0 Å². The van der Waals surface area contributed by atoms with Gasteiger partial charge in [-0.1, -0.05) is 13.8 Å². The molecule has 0 aliphatic carbocycles. The van der Waals surface area contributed by atoms with Crippen molar-refractivity contribution in [1.29, 1.82) is 0 Å². The molecule has 1 heterocycles. The lowest BCUT2D eigenvalue weighted by Crippen LogP contribution is -1.79. The third-order valence-electron chi connectivity index (χ3n) is 1.70. The van der Waals surface area contributed by atoms with Crippen LogP contribution in [-0.2, 0) is 0 Å². The molecule has 0 fully saturated rings. The molecule has 1 aromatic heterocycles. The Labute approximate surface area is 82.8 Å².